The first-order valence-electron chi connectivity index (χ1n) is 8.71. The van der Waals surface area contributed by atoms with Crippen molar-refractivity contribution in [3.63, 3.8) is 0 Å². The molecule has 0 aliphatic carbocycles. The SMILES string of the molecule is CCCCCCN1c2ccc(OC=O)cc2Sc2cc(C(=O)O)ccc21. The maximum Gasteiger partial charge on any atom is 0.335 e. The average Bonchev–Trinajstić information content (AvgIpc) is 2.64. The molecule has 6 heteroatoms. The fraction of sp³-hybridized carbons (Fsp3) is 0.300. The number of ether oxygens (including phenoxy) is 1. The van der Waals surface area contributed by atoms with Crippen LogP contribution in [0.15, 0.2) is 46.2 Å². The van der Waals surface area contributed by atoms with Gasteiger partial charge in [0.25, 0.3) is 6.47 Å². The van der Waals surface area contributed by atoms with Gasteiger partial charge in [0.1, 0.15) is 5.75 Å². The third-order valence-corrected chi connectivity index (χ3v) is 5.45. The Balaban J connectivity index is 1.96. The Morgan fingerprint density at radius 3 is 2.54 bits per heavy atom. The van der Waals surface area contributed by atoms with E-state index in [0.29, 0.717) is 12.2 Å². The molecule has 2 aromatic carbocycles. The van der Waals surface area contributed by atoms with Gasteiger partial charge in [-0.1, -0.05) is 37.9 Å². The summed E-state index contributed by atoms with van der Waals surface area (Å²) in [6.07, 6.45) is 4.60. The maximum absolute atomic E-state index is 11.3. The highest BCUT2D eigenvalue weighted by atomic mass is 32.2. The molecule has 5 nitrogen and oxygen atoms in total. The van der Waals surface area contributed by atoms with E-state index in [0.717, 1.165) is 40.6 Å². The van der Waals surface area contributed by atoms with Gasteiger partial charge >= 0.3 is 5.97 Å². The lowest BCUT2D eigenvalue weighted by molar-refractivity contribution is -0.120. The summed E-state index contributed by atoms with van der Waals surface area (Å²) in [5.41, 5.74) is 2.35. The Bertz CT molecular complexity index is 821. The van der Waals surface area contributed by atoms with Crippen LogP contribution >= 0.6 is 11.8 Å². The zero-order chi connectivity index (χ0) is 18.5. The predicted octanol–water partition coefficient (Wildman–Crippen LogP) is 5.10. The van der Waals surface area contributed by atoms with Crippen molar-refractivity contribution in [1.29, 1.82) is 0 Å². The molecule has 0 bridgehead atoms. The molecule has 0 saturated carbocycles. The van der Waals surface area contributed by atoms with Crippen molar-refractivity contribution in [2.24, 2.45) is 0 Å². The summed E-state index contributed by atoms with van der Waals surface area (Å²) in [6.45, 7) is 3.46. The maximum atomic E-state index is 11.3. The van der Waals surface area contributed by atoms with Crippen LogP contribution in [-0.2, 0) is 4.79 Å². The molecule has 1 aliphatic rings. The number of carboxylic acids is 1. The van der Waals surface area contributed by atoms with Gasteiger partial charge in [0.15, 0.2) is 0 Å². The minimum Gasteiger partial charge on any atom is -0.478 e. The Labute approximate surface area is 157 Å². The second-order valence-electron chi connectivity index (χ2n) is 6.15. The standard InChI is InChI=1S/C20H21NO4S/c1-2-3-4-5-10-21-16-8-6-14(20(23)24)11-18(16)26-19-12-15(25-13-22)7-9-17(19)21/h6-9,11-13H,2-5,10H2,1H3,(H,23,24). The number of rotatable bonds is 8. The van der Waals surface area contributed by atoms with Gasteiger partial charge in [-0.2, -0.15) is 0 Å². The molecule has 1 N–H and O–H groups in total. The number of carboxylic acid groups (broad SMARTS) is 1. The minimum atomic E-state index is -0.938. The lowest BCUT2D eigenvalue weighted by Gasteiger charge is -2.33. The number of benzene rings is 2. The predicted molar refractivity (Wildman–Crippen MR) is 102 cm³/mol. The molecule has 1 heterocycles. The van der Waals surface area contributed by atoms with Crippen LogP contribution in [0.5, 0.6) is 5.75 Å². The van der Waals surface area contributed by atoms with Crippen molar-refractivity contribution in [3.8, 4) is 5.75 Å². The number of aromatic carboxylic acids is 1. The van der Waals surface area contributed by atoms with Crippen LogP contribution in [0.4, 0.5) is 11.4 Å². The number of fused-ring (bicyclic) bond motifs is 2. The Kier molecular flexibility index (Phi) is 5.83. The van der Waals surface area contributed by atoms with E-state index in [9.17, 15) is 14.7 Å². The van der Waals surface area contributed by atoms with Crippen LogP contribution in [0.1, 0.15) is 43.0 Å². The second kappa shape index (κ2) is 8.27. The Hall–Kier alpha value is -2.47. The number of unbranched alkanes of at least 4 members (excludes halogenated alkanes) is 3. The second-order valence-corrected chi connectivity index (χ2v) is 7.23. The number of anilines is 2. The van der Waals surface area contributed by atoms with Gasteiger partial charge in [-0.05, 0) is 42.8 Å². The monoisotopic (exact) mass is 371 g/mol. The number of hydrogen-bond acceptors (Lipinski definition) is 5. The van der Waals surface area contributed by atoms with Crippen molar-refractivity contribution in [3.05, 3.63) is 42.0 Å². The zero-order valence-electron chi connectivity index (χ0n) is 14.6. The first-order chi connectivity index (χ1) is 12.6. The third-order valence-electron chi connectivity index (χ3n) is 4.36. The molecule has 1 aliphatic heterocycles. The summed E-state index contributed by atoms with van der Waals surface area (Å²) >= 11 is 1.50. The topological polar surface area (TPSA) is 66.8 Å². The van der Waals surface area contributed by atoms with Crippen molar-refractivity contribution < 1.29 is 19.4 Å². The molecule has 0 unspecified atom stereocenters. The lowest BCUT2D eigenvalue weighted by atomic mass is 10.1. The van der Waals surface area contributed by atoms with E-state index in [1.807, 2.05) is 18.2 Å². The third kappa shape index (κ3) is 3.85. The number of hydrogen-bond donors (Lipinski definition) is 1. The first-order valence-corrected chi connectivity index (χ1v) is 9.52. The molecule has 3 rings (SSSR count). The fourth-order valence-corrected chi connectivity index (χ4v) is 4.23. The van der Waals surface area contributed by atoms with Crippen LogP contribution < -0.4 is 9.64 Å². The summed E-state index contributed by atoms with van der Waals surface area (Å²) in [4.78, 5) is 26.0. The van der Waals surface area contributed by atoms with E-state index in [2.05, 4.69) is 11.8 Å². The van der Waals surface area contributed by atoms with Gasteiger partial charge in [-0.25, -0.2) is 4.79 Å². The molecule has 0 radical (unpaired) electrons. The summed E-state index contributed by atoms with van der Waals surface area (Å²) < 4.78 is 4.96. The van der Waals surface area contributed by atoms with Crippen molar-refractivity contribution in [2.75, 3.05) is 11.4 Å². The van der Waals surface area contributed by atoms with E-state index in [1.165, 1.54) is 24.6 Å². The molecule has 0 saturated heterocycles. The molecule has 0 fully saturated rings. The summed E-state index contributed by atoms with van der Waals surface area (Å²) in [6, 6.07) is 10.8. The van der Waals surface area contributed by atoms with Gasteiger partial charge < -0.3 is 14.7 Å². The molecule has 0 atom stereocenters. The molecule has 136 valence electrons. The van der Waals surface area contributed by atoms with Crippen LogP contribution in [0.3, 0.4) is 0 Å². The van der Waals surface area contributed by atoms with Gasteiger partial charge in [0.2, 0.25) is 0 Å². The quantitative estimate of drug-likeness (QED) is 0.514. The van der Waals surface area contributed by atoms with Crippen LogP contribution in [-0.4, -0.2) is 24.1 Å². The van der Waals surface area contributed by atoms with Crippen molar-refractivity contribution in [1.82, 2.24) is 0 Å². The van der Waals surface area contributed by atoms with Crippen LogP contribution in [0, 0.1) is 0 Å². The Morgan fingerprint density at radius 2 is 1.85 bits per heavy atom. The van der Waals surface area contributed by atoms with E-state index in [-0.39, 0.29) is 5.56 Å². The van der Waals surface area contributed by atoms with Gasteiger partial charge in [-0.3, -0.25) is 4.79 Å². The highest BCUT2D eigenvalue weighted by Crippen LogP contribution is 2.49. The smallest absolute Gasteiger partial charge is 0.335 e. The number of carbonyl (C=O) groups is 2. The van der Waals surface area contributed by atoms with Crippen molar-refractivity contribution in [2.45, 2.75) is 42.4 Å². The fourth-order valence-electron chi connectivity index (χ4n) is 3.07. The van der Waals surface area contributed by atoms with E-state index in [1.54, 1.807) is 18.2 Å². The molecule has 2 aromatic rings. The zero-order valence-corrected chi connectivity index (χ0v) is 15.4. The largest absolute Gasteiger partial charge is 0.478 e. The van der Waals surface area contributed by atoms with Gasteiger partial charge in [0.05, 0.1) is 16.9 Å². The lowest BCUT2D eigenvalue weighted by Crippen LogP contribution is -2.22. The molecule has 0 amide bonds. The van der Waals surface area contributed by atoms with Crippen LogP contribution in [0.25, 0.3) is 0 Å². The first kappa shape index (κ1) is 18.3. The van der Waals surface area contributed by atoms with Gasteiger partial charge in [-0.15, -0.1) is 0 Å². The van der Waals surface area contributed by atoms with Gasteiger partial charge in [0, 0.05) is 16.3 Å². The Morgan fingerprint density at radius 1 is 1.12 bits per heavy atom. The highest BCUT2D eigenvalue weighted by molar-refractivity contribution is 7.99. The minimum absolute atomic E-state index is 0.269. The number of carbonyl (C=O) groups excluding carboxylic acids is 1. The normalized spacial score (nSPS) is 12.3. The summed E-state index contributed by atoms with van der Waals surface area (Å²) in [5, 5.41) is 9.28. The van der Waals surface area contributed by atoms with Crippen LogP contribution in [0.2, 0.25) is 0 Å². The molecule has 0 spiro atoms. The molecular weight excluding hydrogens is 350 g/mol. The average molecular weight is 371 g/mol. The van der Waals surface area contributed by atoms with E-state index < -0.39 is 5.97 Å². The molecule has 26 heavy (non-hydrogen) atoms. The summed E-state index contributed by atoms with van der Waals surface area (Å²) in [5.74, 6) is -0.457. The summed E-state index contributed by atoms with van der Waals surface area (Å²) in [7, 11) is 0. The molecular formula is C20H21NO4S. The van der Waals surface area contributed by atoms with Crippen molar-refractivity contribution >= 4 is 35.6 Å². The van der Waals surface area contributed by atoms with E-state index >= 15 is 0 Å². The molecule has 0 aromatic heterocycles. The highest BCUT2D eigenvalue weighted by Gasteiger charge is 2.24. The number of nitrogens with zero attached hydrogens (tertiary/aromatic N) is 1. The van der Waals surface area contributed by atoms with E-state index in [4.69, 9.17) is 4.74 Å².